The molecule has 1 N–H and O–H groups in total. The molecule has 3 aromatic heterocycles. The van der Waals surface area contributed by atoms with Crippen LogP contribution in [0, 0.1) is 5.92 Å². The molecule has 0 aromatic carbocycles. The van der Waals surface area contributed by atoms with E-state index in [1.54, 1.807) is 0 Å². The standard InChI is InChI=1S/C26H37ClN8O2/c1-25(2,3)19-17(13-28-24(30-19)33-26(4,5)6)20-31-21(34-8-11-36-12-9-34)18-22(32-20)35(23(27)29-18)14-16-7-10-37-15-16/h13,16H,7-12,14-15H2,1-6H3,(H,28,30,33). The van der Waals surface area contributed by atoms with Crippen LogP contribution in [0.5, 0.6) is 0 Å². The van der Waals surface area contributed by atoms with Crippen LogP contribution in [0.3, 0.4) is 0 Å². The van der Waals surface area contributed by atoms with Crippen LogP contribution < -0.4 is 10.2 Å². The molecular formula is C26H37ClN8O2. The number of rotatable bonds is 5. The van der Waals surface area contributed by atoms with Crippen molar-refractivity contribution >= 4 is 34.5 Å². The van der Waals surface area contributed by atoms with E-state index in [0.717, 1.165) is 48.8 Å². The van der Waals surface area contributed by atoms with Gasteiger partial charge in [-0.2, -0.15) is 0 Å². The lowest BCUT2D eigenvalue weighted by atomic mass is 9.88. The number of halogens is 1. The van der Waals surface area contributed by atoms with Crippen molar-refractivity contribution in [3.63, 3.8) is 0 Å². The van der Waals surface area contributed by atoms with E-state index < -0.39 is 0 Å². The zero-order valence-corrected chi connectivity index (χ0v) is 23.4. The van der Waals surface area contributed by atoms with Gasteiger partial charge in [0.2, 0.25) is 11.2 Å². The van der Waals surface area contributed by atoms with E-state index in [1.165, 1.54) is 0 Å². The number of nitrogens with zero attached hydrogens (tertiary/aromatic N) is 7. The summed E-state index contributed by atoms with van der Waals surface area (Å²) in [6.45, 7) is 17.6. The van der Waals surface area contributed by atoms with Gasteiger partial charge in [-0.05, 0) is 38.8 Å². The van der Waals surface area contributed by atoms with E-state index in [9.17, 15) is 0 Å². The van der Waals surface area contributed by atoms with Crippen molar-refractivity contribution < 1.29 is 9.47 Å². The van der Waals surface area contributed by atoms with Crippen molar-refractivity contribution in [3.05, 3.63) is 17.2 Å². The number of fused-ring (bicyclic) bond motifs is 1. The predicted octanol–water partition coefficient (Wildman–Crippen LogP) is 4.32. The van der Waals surface area contributed by atoms with E-state index in [1.807, 2.05) is 10.8 Å². The van der Waals surface area contributed by atoms with Gasteiger partial charge in [0.25, 0.3) is 0 Å². The molecule has 11 heteroatoms. The SMILES string of the molecule is CC(C)(C)Nc1ncc(-c2nc(N3CCOCC3)c3nc(Cl)n(CC4CCOC4)c3n2)c(C(C)(C)C)n1. The highest BCUT2D eigenvalue weighted by Gasteiger charge is 2.29. The molecule has 1 unspecified atom stereocenters. The molecule has 3 aromatic rings. The summed E-state index contributed by atoms with van der Waals surface area (Å²) in [6, 6.07) is 0. The van der Waals surface area contributed by atoms with Crippen LogP contribution in [-0.4, -0.2) is 74.5 Å². The largest absolute Gasteiger partial charge is 0.381 e. The Morgan fingerprint density at radius 1 is 1.00 bits per heavy atom. The lowest BCUT2D eigenvalue weighted by Crippen LogP contribution is -2.37. The molecule has 2 saturated heterocycles. The number of morpholine rings is 1. The van der Waals surface area contributed by atoms with Crippen LogP contribution in [0.1, 0.15) is 53.7 Å². The summed E-state index contributed by atoms with van der Waals surface area (Å²) < 4.78 is 13.2. The number of ether oxygens (including phenoxy) is 2. The normalized spacial score (nSPS) is 19.1. The zero-order valence-electron chi connectivity index (χ0n) is 22.6. The monoisotopic (exact) mass is 528 g/mol. The minimum atomic E-state index is -0.261. The fourth-order valence-corrected chi connectivity index (χ4v) is 4.97. The number of anilines is 2. The molecule has 0 aliphatic carbocycles. The number of hydrogen-bond acceptors (Lipinski definition) is 9. The van der Waals surface area contributed by atoms with Crippen LogP contribution in [0.4, 0.5) is 11.8 Å². The van der Waals surface area contributed by atoms with Crippen LogP contribution in [0.25, 0.3) is 22.6 Å². The van der Waals surface area contributed by atoms with Crippen molar-refractivity contribution in [1.29, 1.82) is 0 Å². The second-order valence-corrected chi connectivity index (χ2v) is 12.3. The summed E-state index contributed by atoms with van der Waals surface area (Å²) in [4.78, 5) is 26.6. The van der Waals surface area contributed by atoms with Gasteiger partial charge in [0.15, 0.2) is 22.8 Å². The highest BCUT2D eigenvalue weighted by atomic mass is 35.5. The topological polar surface area (TPSA) is 103 Å². The third-order valence-electron chi connectivity index (χ3n) is 6.53. The molecule has 2 aliphatic heterocycles. The minimum absolute atomic E-state index is 0.164. The van der Waals surface area contributed by atoms with Gasteiger partial charge in [-0.25, -0.2) is 24.9 Å². The Labute approximate surface area is 223 Å². The molecule has 2 aliphatic rings. The predicted molar refractivity (Wildman–Crippen MR) is 145 cm³/mol. The van der Waals surface area contributed by atoms with Crippen LogP contribution >= 0.6 is 11.6 Å². The molecule has 0 amide bonds. The van der Waals surface area contributed by atoms with Gasteiger partial charge in [-0.15, -0.1) is 0 Å². The molecular weight excluding hydrogens is 492 g/mol. The van der Waals surface area contributed by atoms with Gasteiger partial charge in [0.1, 0.15) is 0 Å². The third-order valence-corrected chi connectivity index (χ3v) is 6.82. The van der Waals surface area contributed by atoms with Gasteiger partial charge < -0.3 is 19.7 Å². The van der Waals surface area contributed by atoms with Gasteiger partial charge in [-0.3, -0.25) is 4.57 Å². The molecule has 37 heavy (non-hydrogen) atoms. The van der Waals surface area contributed by atoms with Gasteiger partial charge >= 0.3 is 0 Å². The van der Waals surface area contributed by atoms with Crippen LogP contribution in [0.15, 0.2) is 6.20 Å². The molecule has 0 spiro atoms. The minimum Gasteiger partial charge on any atom is -0.381 e. The van der Waals surface area contributed by atoms with E-state index in [4.69, 9.17) is 41.0 Å². The molecule has 5 rings (SSSR count). The Morgan fingerprint density at radius 2 is 1.76 bits per heavy atom. The number of aromatic nitrogens is 6. The van der Waals surface area contributed by atoms with Crippen LogP contribution in [-0.2, 0) is 21.4 Å². The first kappa shape index (κ1) is 26.1. The number of imidazole rings is 1. The van der Waals surface area contributed by atoms with Crippen molar-refractivity contribution in [2.45, 2.75) is 65.5 Å². The first-order chi connectivity index (χ1) is 17.5. The van der Waals surface area contributed by atoms with E-state index in [2.05, 4.69) is 56.7 Å². The Hall–Kier alpha value is -2.56. The van der Waals surface area contributed by atoms with Crippen molar-refractivity contribution in [2.24, 2.45) is 5.92 Å². The first-order valence-corrected chi connectivity index (χ1v) is 13.4. The third kappa shape index (κ3) is 5.66. The maximum absolute atomic E-state index is 6.71. The summed E-state index contributed by atoms with van der Waals surface area (Å²) >= 11 is 6.71. The maximum atomic E-state index is 6.71. The second-order valence-electron chi connectivity index (χ2n) is 11.9. The number of hydrogen-bond donors (Lipinski definition) is 1. The molecule has 0 saturated carbocycles. The Morgan fingerprint density at radius 3 is 2.41 bits per heavy atom. The summed E-state index contributed by atoms with van der Waals surface area (Å²) in [5, 5.41) is 3.81. The first-order valence-electron chi connectivity index (χ1n) is 13.0. The zero-order chi connectivity index (χ0) is 26.4. The fourth-order valence-electron chi connectivity index (χ4n) is 4.74. The molecule has 1 atom stereocenters. The summed E-state index contributed by atoms with van der Waals surface area (Å²) in [7, 11) is 0. The molecule has 200 valence electrons. The molecule has 2 fully saturated rings. The van der Waals surface area contributed by atoms with E-state index in [-0.39, 0.29) is 11.0 Å². The average Bonchev–Trinajstić information content (AvgIpc) is 3.46. The summed E-state index contributed by atoms with van der Waals surface area (Å²) in [5.74, 6) is 2.30. The van der Waals surface area contributed by atoms with Crippen LogP contribution in [0.2, 0.25) is 5.28 Å². The smallest absolute Gasteiger partial charge is 0.223 e. The van der Waals surface area contributed by atoms with Crippen molar-refractivity contribution in [3.8, 4) is 11.4 Å². The average molecular weight is 529 g/mol. The highest BCUT2D eigenvalue weighted by molar-refractivity contribution is 6.29. The molecule has 5 heterocycles. The lowest BCUT2D eigenvalue weighted by molar-refractivity contribution is 0.122. The lowest BCUT2D eigenvalue weighted by Gasteiger charge is -2.28. The van der Waals surface area contributed by atoms with E-state index >= 15 is 0 Å². The van der Waals surface area contributed by atoms with Gasteiger partial charge in [-0.1, -0.05) is 20.8 Å². The second kappa shape index (κ2) is 9.96. The summed E-state index contributed by atoms with van der Waals surface area (Å²) in [6.07, 6.45) is 2.83. The Kier molecular flexibility index (Phi) is 7.02. The Bertz CT molecular complexity index is 1270. The Balaban J connectivity index is 1.68. The highest BCUT2D eigenvalue weighted by Crippen LogP contribution is 2.35. The molecule has 0 radical (unpaired) electrons. The number of nitrogens with one attached hydrogen (secondary N) is 1. The molecule has 0 bridgehead atoms. The van der Waals surface area contributed by atoms with Gasteiger partial charge in [0.05, 0.1) is 31.1 Å². The van der Waals surface area contributed by atoms with E-state index in [0.29, 0.717) is 54.9 Å². The fraction of sp³-hybridized carbons (Fsp3) is 0.654. The van der Waals surface area contributed by atoms with Crippen molar-refractivity contribution in [1.82, 2.24) is 29.5 Å². The molecule has 10 nitrogen and oxygen atoms in total. The van der Waals surface area contributed by atoms with Gasteiger partial charge in [0, 0.05) is 49.3 Å². The maximum Gasteiger partial charge on any atom is 0.223 e. The van der Waals surface area contributed by atoms with Crippen molar-refractivity contribution in [2.75, 3.05) is 49.7 Å². The quantitative estimate of drug-likeness (QED) is 0.485. The summed E-state index contributed by atoms with van der Waals surface area (Å²) in [5.41, 5.74) is 2.68.